The molecule has 0 radical (unpaired) electrons. The Hall–Kier alpha value is -1.28. The molecule has 1 aromatic carbocycles. The van der Waals surface area contributed by atoms with Crippen LogP contribution in [0.5, 0.6) is 0 Å². The first kappa shape index (κ1) is 24.0. The maximum absolute atomic E-state index is 13.4. The molecule has 2 unspecified atom stereocenters. The highest BCUT2D eigenvalue weighted by atomic mass is 35.5. The van der Waals surface area contributed by atoms with Gasteiger partial charge in [0, 0.05) is 17.0 Å². The van der Waals surface area contributed by atoms with Crippen LogP contribution in [0.4, 0.5) is 0 Å². The second-order valence-corrected chi connectivity index (χ2v) is 9.98. The summed E-state index contributed by atoms with van der Waals surface area (Å²) in [7, 11) is -3.73. The van der Waals surface area contributed by atoms with Crippen LogP contribution in [0.25, 0.3) is 11.4 Å². The molecule has 0 saturated carbocycles. The predicted octanol–water partition coefficient (Wildman–Crippen LogP) is 4.70. The highest BCUT2D eigenvalue weighted by Gasteiger charge is 2.44. The van der Waals surface area contributed by atoms with Crippen LogP contribution >= 0.6 is 19.2 Å². The molecule has 0 aliphatic carbocycles. The molecule has 162 valence electrons. The molecule has 0 fully saturated rings. The summed E-state index contributed by atoms with van der Waals surface area (Å²) in [6, 6.07) is 6.96. The van der Waals surface area contributed by atoms with E-state index in [-0.39, 0.29) is 25.5 Å². The van der Waals surface area contributed by atoms with Gasteiger partial charge in [-0.05, 0) is 58.9 Å². The van der Waals surface area contributed by atoms with Gasteiger partial charge >= 0.3 is 7.60 Å². The average molecular weight is 447 g/mol. The van der Waals surface area contributed by atoms with Gasteiger partial charge in [0.1, 0.15) is 5.66 Å². The minimum absolute atomic E-state index is 0.0465. The van der Waals surface area contributed by atoms with Gasteiger partial charge in [-0.3, -0.25) is 4.57 Å². The van der Waals surface area contributed by atoms with Crippen molar-refractivity contribution in [2.45, 2.75) is 58.6 Å². The molecule has 2 aromatic rings. The summed E-state index contributed by atoms with van der Waals surface area (Å²) >= 11 is 5.91. The lowest BCUT2D eigenvalue weighted by molar-refractivity contribution is -0.168. The van der Waals surface area contributed by atoms with Gasteiger partial charge in [0.2, 0.25) is 11.7 Å². The lowest BCUT2D eigenvalue weighted by Gasteiger charge is -2.32. The molecule has 1 heterocycles. The first-order valence-electron chi connectivity index (χ1n) is 9.41. The van der Waals surface area contributed by atoms with Gasteiger partial charge in [-0.1, -0.05) is 16.8 Å². The van der Waals surface area contributed by atoms with Crippen LogP contribution in [0.15, 0.2) is 28.8 Å². The van der Waals surface area contributed by atoms with E-state index in [1.807, 2.05) is 0 Å². The molecule has 0 aliphatic rings. The summed E-state index contributed by atoms with van der Waals surface area (Å²) in [6.45, 7) is 9.04. The van der Waals surface area contributed by atoms with Gasteiger partial charge in [0.25, 0.3) is 0 Å². The first-order chi connectivity index (χ1) is 13.6. The topological polar surface area (TPSA) is 104 Å². The third-order valence-electron chi connectivity index (χ3n) is 3.78. The second-order valence-electron chi connectivity index (χ2n) is 7.29. The van der Waals surface area contributed by atoms with E-state index in [1.165, 1.54) is 0 Å². The number of hydrogen-bond acceptors (Lipinski definition) is 8. The van der Waals surface area contributed by atoms with Crippen LogP contribution < -0.4 is 0 Å². The van der Waals surface area contributed by atoms with Gasteiger partial charge in [-0.2, -0.15) is 4.98 Å². The third-order valence-corrected chi connectivity index (χ3v) is 6.52. The fourth-order valence-corrected chi connectivity index (χ4v) is 4.69. The molecular weight excluding hydrogens is 419 g/mol. The Kier molecular flexibility index (Phi) is 8.40. The summed E-state index contributed by atoms with van der Waals surface area (Å²) < 4.78 is 35.2. The molecule has 1 aromatic heterocycles. The van der Waals surface area contributed by atoms with Gasteiger partial charge in [-0.15, -0.1) is 0 Å². The molecule has 0 bridgehead atoms. The fraction of sp³-hybridized carbons (Fsp3) is 0.579. The molecule has 8 nitrogen and oxygen atoms in total. The van der Waals surface area contributed by atoms with Crippen LogP contribution in [0.2, 0.25) is 5.02 Å². The van der Waals surface area contributed by atoms with E-state index in [1.54, 1.807) is 58.9 Å². The minimum Gasteiger partial charge on any atom is -0.367 e. The molecule has 0 aliphatic heterocycles. The Morgan fingerprint density at radius 1 is 1.17 bits per heavy atom. The number of hydrogen-bond donors (Lipinski definition) is 1. The van der Waals surface area contributed by atoms with E-state index in [0.29, 0.717) is 16.4 Å². The van der Waals surface area contributed by atoms with Crippen molar-refractivity contribution in [1.29, 1.82) is 0 Å². The highest BCUT2D eigenvalue weighted by Crippen LogP contribution is 2.55. The Bertz CT molecular complexity index is 811. The number of halogens is 1. The number of aliphatic hydroxyl groups excluding tert-OH is 1. The quantitative estimate of drug-likeness (QED) is 0.413. The zero-order chi connectivity index (χ0) is 21.7. The van der Waals surface area contributed by atoms with Crippen LogP contribution in [0, 0.1) is 0 Å². The number of benzene rings is 1. The van der Waals surface area contributed by atoms with Gasteiger partial charge in [-0.25, -0.2) is 0 Å². The smallest absolute Gasteiger partial charge is 0.339 e. The Labute approximate surface area is 176 Å². The molecule has 1 N–H and O–H groups in total. The van der Waals surface area contributed by atoms with E-state index in [9.17, 15) is 9.67 Å². The summed E-state index contributed by atoms with van der Waals surface area (Å²) in [5.74, 6) is 0.528. The molecule has 2 atom stereocenters. The van der Waals surface area contributed by atoms with Crippen molar-refractivity contribution in [3.63, 3.8) is 0 Å². The molecular formula is C19H28ClN2O6P. The zero-order valence-electron chi connectivity index (χ0n) is 17.3. The summed E-state index contributed by atoms with van der Waals surface area (Å²) in [5.41, 5.74) is -1.00. The van der Waals surface area contributed by atoms with E-state index in [4.69, 9.17) is 29.9 Å². The molecule has 0 saturated heterocycles. The monoisotopic (exact) mass is 446 g/mol. The predicted molar refractivity (Wildman–Crippen MR) is 110 cm³/mol. The van der Waals surface area contributed by atoms with Crippen molar-refractivity contribution in [2.75, 3.05) is 13.2 Å². The number of aliphatic hydroxyl groups is 1. The van der Waals surface area contributed by atoms with Crippen LogP contribution in [0.1, 0.15) is 40.5 Å². The second kappa shape index (κ2) is 10.2. The molecule has 29 heavy (non-hydrogen) atoms. The fourth-order valence-electron chi connectivity index (χ4n) is 2.63. The molecule has 0 spiro atoms. The largest absolute Gasteiger partial charge is 0.367 e. The number of nitrogens with zero attached hydrogens (tertiary/aromatic N) is 2. The summed E-state index contributed by atoms with van der Waals surface area (Å²) in [5, 5.41) is 15.2. The summed E-state index contributed by atoms with van der Waals surface area (Å²) in [6.07, 6.45) is -1.47. The Morgan fingerprint density at radius 3 is 2.28 bits per heavy atom. The minimum atomic E-state index is -3.73. The van der Waals surface area contributed by atoms with Crippen LogP contribution in [0.3, 0.4) is 0 Å². The molecule has 0 amide bonds. The SMILES string of the molecule is CCOP(=O)(OCC)C(Cc1nc(-c2ccc(Cl)cc2)no1)C(O)OC(C)(C)C. The van der Waals surface area contributed by atoms with E-state index < -0.39 is 25.1 Å². The van der Waals surface area contributed by atoms with E-state index in [0.717, 1.165) is 0 Å². The number of ether oxygens (including phenoxy) is 1. The van der Waals surface area contributed by atoms with Crippen molar-refractivity contribution < 1.29 is 28.0 Å². The van der Waals surface area contributed by atoms with Gasteiger partial charge in [0.05, 0.1) is 18.8 Å². The molecule has 10 heteroatoms. The molecule has 2 rings (SSSR count). The van der Waals surface area contributed by atoms with Crippen molar-refractivity contribution in [1.82, 2.24) is 10.1 Å². The van der Waals surface area contributed by atoms with E-state index in [2.05, 4.69) is 10.1 Å². The lowest BCUT2D eigenvalue weighted by atomic mass is 10.2. The van der Waals surface area contributed by atoms with Crippen molar-refractivity contribution >= 4 is 19.2 Å². The average Bonchev–Trinajstić information content (AvgIpc) is 3.08. The van der Waals surface area contributed by atoms with Crippen molar-refractivity contribution in [3.05, 3.63) is 35.2 Å². The van der Waals surface area contributed by atoms with Crippen LogP contribution in [-0.4, -0.2) is 46.0 Å². The van der Waals surface area contributed by atoms with Crippen molar-refractivity contribution in [3.8, 4) is 11.4 Å². The standard InChI is InChI=1S/C19H28ClN2O6P/c1-6-25-29(24,26-7-2)15(18(23)27-19(3,4)5)12-16-21-17(22-28-16)13-8-10-14(20)11-9-13/h8-11,15,18,23H,6-7,12H2,1-5H3. The third kappa shape index (κ3) is 6.88. The van der Waals surface area contributed by atoms with Gasteiger partial charge in [0.15, 0.2) is 6.29 Å². The van der Waals surface area contributed by atoms with Gasteiger partial charge < -0.3 is 23.4 Å². The Morgan fingerprint density at radius 2 is 1.76 bits per heavy atom. The number of aromatic nitrogens is 2. The number of rotatable bonds is 10. The maximum Gasteiger partial charge on any atom is 0.339 e. The maximum atomic E-state index is 13.4. The van der Waals surface area contributed by atoms with E-state index >= 15 is 0 Å². The lowest BCUT2D eigenvalue weighted by Crippen LogP contribution is -2.38. The summed E-state index contributed by atoms with van der Waals surface area (Å²) in [4.78, 5) is 4.34. The Balaban J connectivity index is 2.31. The van der Waals surface area contributed by atoms with Crippen molar-refractivity contribution in [2.24, 2.45) is 0 Å². The zero-order valence-corrected chi connectivity index (χ0v) is 18.9. The first-order valence-corrected chi connectivity index (χ1v) is 11.4. The highest BCUT2D eigenvalue weighted by molar-refractivity contribution is 7.54. The normalized spacial score (nSPS) is 14.7. The van der Waals surface area contributed by atoms with Crippen LogP contribution in [-0.2, 0) is 24.8 Å².